The van der Waals surface area contributed by atoms with Gasteiger partial charge in [-0.1, -0.05) is 6.07 Å². The minimum atomic E-state index is 0.598. The van der Waals surface area contributed by atoms with Crippen LogP contribution in [0.2, 0.25) is 0 Å². The number of H-pyrrole nitrogens is 1. The zero-order valence-corrected chi connectivity index (χ0v) is 11.0. The zero-order valence-electron chi connectivity index (χ0n) is 8.59. The molecule has 0 atom stereocenters. The second-order valence-electron chi connectivity index (χ2n) is 3.32. The van der Waals surface area contributed by atoms with Crippen LogP contribution in [0.1, 0.15) is 0 Å². The topological polar surface area (TPSA) is 54.5 Å². The highest BCUT2D eigenvalue weighted by Gasteiger charge is 2.11. The summed E-state index contributed by atoms with van der Waals surface area (Å²) in [6.45, 7) is 0. The maximum absolute atomic E-state index is 4.44. The molecule has 3 aromatic rings. The number of nitrogens with one attached hydrogen (secondary N) is 1. The Morgan fingerprint density at radius 2 is 2.18 bits per heavy atom. The predicted molar refractivity (Wildman–Crippen MR) is 70.6 cm³/mol. The molecule has 0 bridgehead atoms. The fraction of sp³-hybridized carbons (Fsp3) is 0. The molecule has 0 aromatic carbocycles. The van der Waals surface area contributed by atoms with Crippen LogP contribution in [0.15, 0.2) is 40.3 Å². The van der Waals surface area contributed by atoms with Gasteiger partial charge in [-0.05, 0) is 39.5 Å². The standard InChI is InChI=1S/C11H7BrN4S/c12-7-3-1-5-13-9(7)11-14-10(15-16-11)8-4-2-6-17-8/h1-6H,(H,14,15,16). The van der Waals surface area contributed by atoms with Crippen LogP contribution >= 0.6 is 27.3 Å². The number of aromatic nitrogens is 4. The summed E-state index contributed by atoms with van der Waals surface area (Å²) >= 11 is 5.06. The quantitative estimate of drug-likeness (QED) is 0.790. The van der Waals surface area contributed by atoms with Crippen molar-refractivity contribution >= 4 is 27.3 Å². The molecule has 84 valence electrons. The van der Waals surface area contributed by atoms with Crippen molar-refractivity contribution in [2.45, 2.75) is 0 Å². The van der Waals surface area contributed by atoms with Crippen molar-refractivity contribution in [2.24, 2.45) is 0 Å². The lowest BCUT2D eigenvalue weighted by molar-refractivity contribution is 1.09. The highest BCUT2D eigenvalue weighted by atomic mass is 79.9. The SMILES string of the molecule is Brc1cccnc1-c1n[nH]c(-c2cccs2)n1. The number of pyridine rings is 1. The summed E-state index contributed by atoms with van der Waals surface area (Å²) in [6, 6.07) is 7.77. The second kappa shape index (κ2) is 4.38. The van der Waals surface area contributed by atoms with Crippen LogP contribution in [0, 0.1) is 0 Å². The third-order valence-electron chi connectivity index (χ3n) is 2.21. The molecule has 0 saturated heterocycles. The van der Waals surface area contributed by atoms with Crippen LogP contribution in [0.4, 0.5) is 0 Å². The molecule has 0 spiro atoms. The summed E-state index contributed by atoms with van der Waals surface area (Å²) in [7, 11) is 0. The number of halogens is 1. The maximum atomic E-state index is 4.44. The summed E-state index contributed by atoms with van der Waals surface area (Å²) in [6.07, 6.45) is 1.72. The molecule has 6 heteroatoms. The van der Waals surface area contributed by atoms with Crippen molar-refractivity contribution in [1.29, 1.82) is 0 Å². The van der Waals surface area contributed by atoms with Crippen molar-refractivity contribution in [3.8, 4) is 22.2 Å². The summed E-state index contributed by atoms with van der Waals surface area (Å²) in [5.41, 5.74) is 0.742. The highest BCUT2D eigenvalue weighted by molar-refractivity contribution is 9.10. The molecule has 0 amide bonds. The summed E-state index contributed by atoms with van der Waals surface area (Å²) in [4.78, 5) is 9.76. The van der Waals surface area contributed by atoms with E-state index in [1.54, 1.807) is 17.5 Å². The number of hydrogen-bond acceptors (Lipinski definition) is 4. The Balaban J connectivity index is 2.04. The van der Waals surface area contributed by atoms with Gasteiger partial charge in [-0.3, -0.25) is 10.1 Å². The lowest BCUT2D eigenvalue weighted by Gasteiger charge is -1.95. The molecule has 0 unspecified atom stereocenters. The normalized spacial score (nSPS) is 10.6. The van der Waals surface area contributed by atoms with E-state index in [9.17, 15) is 0 Å². The van der Waals surface area contributed by atoms with Gasteiger partial charge in [-0.25, -0.2) is 4.98 Å². The van der Waals surface area contributed by atoms with Gasteiger partial charge in [-0.15, -0.1) is 11.3 Å². The van der Waals surface area contributed by atoms with Gasteiger partial charge in [0.1, 0.15) is 5.69 Å². The fourth-order valence-electron chi connectivity index (χ4n) is 1.44. The molecule has 0 aliphatic heterocycles. The third-order valence-corrected chi connectivity index (χ3v) is 3.73. The molecule has 17 heavy (non-hydrogen) atoms. The van der Waals surface area contributed by atoms with Gasteiger partial charge in [0.15, 0.2) is 5.82 Å². The third kappa shape index (κ3) is 2.01. The van der Waals surface area contributed by atoms with E-state index in [1.807, 2.05) is 29.6 Å². The number of hydrogen-bond donors (Lipinski definition) is 1. The largest absolute Gasteiger partial charge is 0.258 e. The van der Waals surface area contributed by atoms with E-state index in [4.69, 9.17) is 0 Å². The van der Waals surface area contributed by atoms with Gasteiger partial charge in [0.25, 0.3) is 0 Å². The van der Waals surface area contributed by atoms with E-state index in [0.29, 0.717) is 5.82 Å². The molecule has 3 heterocycles. The van der Waals surface area contributed by atoms with Crippen LogP contribution in [0.25, 0.3) is 22.2 Å². The first-order chi connectivity index (χ1) is 8.34. The number of aromatic amines is 1. The Morgan fingerprint density at radius 3 is 2.94 bits per heavy atom. The average molecular weight is 307 g/mol. The number of rotatable bonds is 2. The molecule has 0 fully saturated rings. The minimum absolute atomic E-state index is 0.598. The van der Waals surface area contributed by atoms with E-state index >= 15 is 0 Å². The van der Waals surface area contributed by atoms with Gasteiger partial charge in [0.05, 0.1) is 4.88 Å². The smallest absolute Gasteiger partial charge is 0.201 e. The van der Waals surface area contributed by atoms with Crippen molar-refractivity contribution in [3.63, 3.8) is 0 Å². The average Bonchev–Trinajstić information content (AvgIpc) is 3.00. The first-order valence-corrected chi connectivity index (χ1v) is 6.59. The van der Waals surface area contributed by atoms with Crippen LogP contribution < -0.4 is 0 Å². The van der Waals surface area contributed by atoms with Crippen LogP contribution in [-0.2, 0) is 0 Å². The van der Waals surface area contributed by atoms with E-state index < -0.39 is 0 Å². The molecule has 0 saturated carbocycles. The number of nitrogens with zero attached hydrogens (tertiary/aromatic N) is 3. The van der Waals surface area contributed by atoms with E-state index in [0.717, 1.165) is 20.9 Å². The molecule has 3 aromatic heterocycles. The fourth-order valence-corrected chi connectivity index (χ4v) is 2.54. The van der Waals surface area contributed by atoms with Gasteiger partial charge in [0, 0.05) is 10.7 Å². The van der Waals surface area contributed by atoms with Gasteiger partial charge in [-0.2, -0.15) is 5.10 Å². The van der Waals surface area contributed by atoms with Crippen molar-refractivity contribution in [1.82, 2.24) is 20.2 Å². The minimum Gasteiger partial charge on any atom is -0.258 e. The summed E-state index contributed by atoms with van der Waals surface area (Å²) < 4.78 is 0.886. The van der Waals surface area contributed by atoms with Gasteiger partial charge >= 0.3 is 0 Å². The highest BCUT2D eigenvalue weighted by Crippen LogP contribution is 2.26. The monoisotopic (exact) mass is 306 g/mol. The first kappa shape index (κ1) is 10.6. The molecule has 3 rings (SSSR count). The van der Waals surface area contributed by atoms with Crippen molar-refractivity contribution in [3.05, 3.63) is 40.3 Å². The molecule has 4 nitrogen and oxygen atoms in total. The molecular formula is C11H7BrN4S. The van der Waals surface area contributed by atoms with Crippen LogP contribution in [-0.4, -0.2) is 20.2 Å². The van der Waals surface area contributed by atoms with Gasteiger partial charge < -0.3 is 0 Å². The Morgan fingerprint density at radius 1 is 1.24 bits per heavy atom. The zero-order chi connectivity index (χ0) is 11.7. The summed E-state index contributed by atoms with van der Waals surface area (Å²) in [5.74, 6) is 1.37. The van der Waals surface area contributed by atoms with Gasteiger partial charge in [0.2, 0.25) is 5.82 Å². The Hall–Kier alpha value is -1.53. The Bertz CT molecular complexity index is 632. The Kier molecular flexibility index (Phi) is 2.74. The van der Waals surface area contributed by atoms with Crippen molar-refractivity contribution < 1.29 is 0 Å². The molecular weight excluding hydrogens is 300 g/mol. The first-order valence-electron chi connectivity index (χ1n) is 4.92. The molecule has 0 aliphatic rings. The predicted octanol–water partition coefficient (Wildman–Crippen LogP) is 3.36. The summed E-state index contributed by atoms with van der Waals surface area (Å²) in [5, 5.41) is 9.11. The van der Waals surface area contributed by atoms with E-state index in [-0.39, 0.29) is 0 Å². The Labute approximate surface area is 110 Å². The second-order valence-corrected chi connectivity index (χ2v) is 5.12. The molecule has 0 radical (unpaired) electrons. The maximum Gasteiger partial charge on any atom is 0.201 e. The lowest BCUT2D eigenvalue weighted by atomic mass is 10.3. The van der Waals surface area contributed by atoms with E-state index in [2.05, 4.69) is 36.1 Å². The molecule has 1 N–H and O–H groups in total. The molecule has 0 aliphatic carbocycles. The number of thiophene rings is 1. The van der Waals surface area contributed by atoms with Crippen LogP contribution in [0.3, 0.4) is 0 Å². The van der Waals surface area contributed by atoms with E-state index in [1.165, 1.54) is 0 Å². The lowest BCUT2D eigenvalue weighted by Crippen LogP contribution is -1.86. The van der Waals surface area contributed by atoms with Crippen LogP contribution in [0.5, 0.6) is 0 Å². The van der Waals surface area contributed by atoms with Crippen molar-refractivity contribution in [2.75, 3.05) is 0 Å².